The molecule has 0 bridgehead atoms. The molecule has 0 saturated heterocycles. The largest absolute Gasteiger partial charge is 0.295 e. The first-order valence-corrected chi connectivity index (χ1v) is 7.60. The number of nitrogens with zero attached hydrogens (tertiary/aromatic N) is 1. The van der Waals surface area contributed by atoms with Gasteiger partial charge in [0.25, 0.3) is 0 Å². The summed E-state index contributed by atoms with van der Waals surface area (Å²) in [5, 5.41) is 7.07. The Morgan fingerprint density at radius 3 is 2.73 bits per heavy atom. The number of allylic oxidation sites excluding steroid dienone is 1. The number of rotatable bonds is 5. The molecule has 0 spiro atoms. The molecule has 1 aromatic carbocycles. The number of aromatic nitrogens is 2. The summed E-state index contributed by atoms with van der Waals surface area (Å²) in [6.45, 7) is 0. The molecule has 4 heteroatoms. The quantitative estimate of drug-likeness (QED) is 0.860. The molecule has 1 aromatic heterocycles. The second-order valence-corrected chi connectivity index (χ2v) is 6.00. The molecule has 1 fully saturated rings. The molecular formula is C18H18N2O2. The molecule has 1 saturated carbocycles. The standard InChI is InChI=1S/C18H16N2O2.H2/c21-16(11-4-2-1-3-5-11)6-7-17(22)14-8-12-10-19-20-18(12)15-9-13(14)15;/h1-5,8,10,13,15H,6-7,9H2,(H,19,20);1H. The van der Waals surface area contributed by atoms with E-state index in [1.54, 1.807) is 18.3 Å². The van der Waals surface area contributed by atoms with Crippen molar-refractivity contribution in [3.63, 3.8) is 0 Å². The van der Waals surface area contributed by atoms with E-state index in [1.165, 1.54) is 0 Å². The molecule has 2 aliphatic carbocycles. The summed E-state index contributed by atoms with van der Waals surface area (Å²) in [5.41, 5.74) is 3.73. The Labute approximate surface area is 129 Å². The van der Waals surface area contributed by atoms with Crippen LogP contribution in [0.15, 0.2) is 42.1 Å². The van der Waals surface area contributed by atoms with Crippen LogP contribution in [0.5, 0.6) is 0 Å². The zero-order valence-corrected chi connectivity index (χ0v) is 12.1. The molecular weight excluding hydrogens is 276 g/mol. The van der Waals surface area contributed by atoms with E-state index in [0.29, 0.717) is 17.4 Å². The molecule has 4 nitrogen and oxygen atoms in total. The second-order valence-electron chi connectivity index (χ2n) is 6.00. The molecule has 1 N–H and O–H groups in total. The first kappa shape index (κ1) is 13.2. The molecule has 2 unspecified atom stereocenters. The highest BCUT2D eigenvalue weighted by Crippen LogP contribution is 2.55. The lowest BCUT2D eigenvalue weighted by atomic mass is 9.92. The SMILES string of the molecule is O=C(CCC(=O)c1ccccc1)C1=Cc2cn[nH]c2C2CC12.[HH]. The van der Waals surface area contributed by atoms with E-state index < -0.39 is 0 Å². The van der Waals surface area contributed by atoms with Crippen molar-refractivity contribution in [3.05, 3.63) is 58.9 Å². The predicted octanol–water partition coefficient (Wildman–Crippen LogP) is 3.39. The lowest BCUT2D eigenvalue weighted by Crippen LogP contribution is -2.11. The molecule has 0 aliphatic heterocycles. The van der Waals surface area contributed by atoms with E-state index in [9.17, 15) is 9.59 Å². The van der Waals surface area contributed by atoms with Crippen molar-refractivity contribution < 1.29 is 11.0 Å². The van der Waals surface area contributed by atoms with E-state index in [4.69, 9.17) is 0 Å². The van der Waals surface area contributed by atoms with Crippen LogP contribution in [-0.4, -0.2) is 21.8 Å². The molecule has 112 valence electrons. The zero-order valence-electron chi connectivity index (χ0n) is 12.1. The Hall–Kier alpha value is -2.49. The van der Waals surface area contributed by atoms with Gasteiger partial charge in [0.05, 0.1) is 6.20 Å². The normalized spacial score (nSPS) is 21.5. The molecule has 0 radical (unpaired) electrons. The van der Waals surface area contributed by atoms with Crippen molar-refractivity contribution in [2.45, 2.75) is 25.2 Å². The summed E-state index contributed by atoms with van der Waals surface area (Å²) >= 11 is 0. The van der Waals surface area contributed by atoms with Gasteiger partial charge in [-0.25, -0.2) is 0 Å². The van der Waals surface area contributed by atoms with Crippen LogP contribution in [0.2, 0.25) is 0 Å². The van der Waals surface area contributed by atoms with Gasteiger partial charge in [0.15, 0.2) is 11.6 Å². The summed E-state index contributed by atoms with van der Waals surface area (Å²) < 4.78 is 0. The average Bonchev–Trinajstić information content (AvgIpc) is 3.22. The first-order valence-electron chi connectivity index (χ1n) is 7.60. The first-order chi connectivity index (χ1) is 10.7. The van der Waals surface area contributed by atoms with Crippen molar-refractivity contribution in [3.8, 4) is 0 Å². The van der Waals surface area contributed by atoms with Crippen LogP contribution in [-0.2, 0) is 4.79 Å². The molecule has 2 atom stereocenters. The average molecular weight is 294 g/mol. The second kappa shape index (κ2) is 5.05. The van der Waals surface area contributed by atoms with Gasteiger partial charge in [-0.05, 0) is 24.0 Å². The maximum absolute atomic E-state index is 12.5. The van der Waals surface area contributed by atoms with Gasteiger partial charge in [0, 0.05) is 37.0 Å². The van der Waals surface area contributed by atoms with Crippen LogP contribution in [0.4, 0.5) is 0 Å². The van der Waals surface area contributed by atoms with E-state index in [-0.39, 0.29) is 25.8 Å². The number of carbonyl (C=O) groups excluding carboxylic acids is 2. The molecule has 4 rings (SSSR count). The zero-order chi connectivity index (χ0) is 15.1. The Bertz CT molecular complexity index is 779. The van der Waals surface area contributed by atoms with Gasteiger partial charge >= 0.3 is 0 Å². The number of nitrogens with one attached hydrogen (secondary N) is 1. The Kier molecular flexibility index (Phi) is 3.03. The number of hydrogen-bond acceptors (Lipinski definition) is 3. The van der Waals surface area contributed by atoms with E-state index >= 15 is 0 Å². The highest BCUT2D eigenvalue weighted by Gasteiger charge is 2.47. The van der Waals surface area contributed by atoms with Gasteiger partial charge < -0.3 is 0 Å². The lowest BCUT2D eigenvalue weighted by molar-refractivity contribution is -0.115. The maximum atomic E-state index is 12.5. The summed E-state index contributed by atoms with van der Waals surface area (Å²) in [4.78, 5) is 24.5. The van der Waals surface area contributed by atoms with Gasteiger partial charge in [-0.1, -0.05) is 30.3 Å². The summed E-state index contributed by atoms with van der Waals surface area (Å²) in [7, 11) is 0. The number of hydrogen-bond donors (Lipinski definition) is 1. The van der Waals surface area contributed by atoms with Crippen molar-refractivity contribution in [1.29, 1.82) is 0 Å². The maximum Gasteiger partial charge on any atom is 0.163 e. The van der Waals surface area contributed by atoms with Gasteiger partial charge in [0.2, 0.25) is 0 Å². The number of carbonyl (C=O) groups is 2. The summed E-state index contributed by atoms with van der Waals surface area (Å²) in [5.74, 6) is 0.879. The smallest absolute Gasteiger partial charge is 0.163 e. The number of aromatic amines is 1. The van der Waals surface area contributed by atoms with Crippen LogP contribution in [0, 0.1) is 5.92 Å². The van der Waals surface area contributed by atoms with Gasteiger partial charge in [-0.3, -0.25) is 14.7 Å². The third-order valence-corrected chi connectivity index (χ3v) is 4.57. The van der Waals surface area contributed by atoms with E-state index in [2.05, 4.69) is 10.2 Å². The minimum absolute atomic E-state index is 0. The van der Waals surface area contributed by atoms with Crippen LogP contribution >= 0.6 is 0 Å². The summed E-state index contributed by atoms with van der Waals surface area (Å²) in [6.07, 6.45) is 5.29. The fourth-order valence-corrected chi connectivity index (χ4v) is 3.28. The Morgan fingerprint density at radius 1 is 1.14 bits per heavy atom. The van der Waals surface area contributed by atoms with Crippen molar-refractivity contribution in [2.75, 3.05) is 0 Å². The van der Waals surface area contributed by atoms with Crippen LogP contribution in [0.1, 0.15) is 48.2 Å². The minimum Gasteiger partial charge on any atom is -0.295 e. The Balaban J connectivity index is 0.00000156. The van der Waals surface area contributed by atoms with Crippen molar-refractivity contribution >= 4 is 17.6 Å². The molecule has 0 amide bonds. The number of fused-ring (bicyclic) bond motifs is 3. The van der Waals surface area contributed by atoms with E-state index in [1.807, 2.05) is 24.3 Å². The lowest BCUT2D eigenvalue weighted by Gasteiger charge is -2.11. The van der Waals surface area contributed by atoms with Crippen LogP contribution in [0.25, 0.3) is 6.08 Å². The third-order valence-electron chi connectivity index (χ3n) is 4.57. The third kappa shape index (κ3) is 2.21. The fraction of sp³-hybridized carbons (Fsp3) is 0.278. The molecule has 2 aliphatic rings. The fourth-order valence-electron chi connectivity index (χ4n) is 3.28. The highest BCUT2D eigenvalue weighted by molar-refractivity contribution is 6.05. The molecule has 1 heterocycles. The van der Waals surface area contributed by atoms with Gasteiger partial charge in [0.1, 0.15) is 0 Å². The van der Waals surface area contributed by atoms with Gasteiger partial charge in [-0.15, -0.1) is 0 Å². The monoisotopic (exact) mass is 294 g/mol. The van der Waals surface area contributed by atoms with Crippen LogP contribution in [0.3, 0.4) is 0 Å². The summed E-state index contributed by atoms with van der Waals surface area (Å²) in [6, 6.07) is 9.15. The molecule has 22 heavy (non-hydrogen) atoms. The van der Waals surface area contributed by atoms with E-state index in [0.717, 1.165) is 23.3 Å². The topological polar surface area (TPSA) is 62.8 Å². The predicted molar refractivity (Wildman–Crippen MR) is 84.5 cm³/mol. The Morgan fingerprint density at radius 2 is 1.91 bits per heavy atom. The molecule has 2 aromatic rings. The van der Waals surface area contributed by atoms with Crippen molar-refractivity contribution in [2.24, 2.45) is 5.92 Å². The number of Topliss-reactive ketones (excluding diaryl/α,β-unsaturated/α-hetero) is 2. The number of benzene rings is 1. The highest BCUT2D eigenvalue weighted by atomic mass is 16.1. The minimum atomic E-state index is 0. The number of H-pyrrole nitrogens is 1. The van der Waals surface area contributed by atoms with Crippen LogP contribution < -0.4 is 0 Å². The van der Waals surface area contributed by atoms with Crippen molar-refractivity contribution in [1.82, 2.24) is 10.2 Å². The number of ketones is 2. The van der Waals surface area contributed by atoms with Gasteiger partial charge in [-0.2, -0.15) is 5.10 Å².